The number of rotatable bonds is 2. The monoisotopic (exact) mass is 368 g/mol. The molecule has 0 saturated heterocycles. The molecular formula is C22H21ClO3. The predicted octanol–water partition coefficient (Wildman–Crippen LogP) is 4.67. The number of benzene rings is 2. The van der Waals surface area contributed by atoms with Gasteiger partial charge in [0.1, 0.15) is 6.10 Å². The van der Waals surface area contributed by atoms with Gasteiger partial charge in [-0.3, -0.25) is 9.59 Å². The zero-order chi connectivity index (χ0) is 18.3. The molecule has 1 N–H and O–H groups in total. The van der Waals surface area contributed by atoms with E-state index in [1.165, 1.54) is 5.56 Å². The molecule has 0 radical (unpaired) electrons. The first kappa shape index (κ1) is 17.4. The molecule has 2 aliphatic rings. The van der Waals surface area contributed by atoms with E-state index in [9.17, 15) is 14.7 Å². The minimum Gasteiger partial charge on any atom is -0.384 e. The average molecular weight is 369 g/mol. The van der Waals surface area contributed by atoms with Crippen molar-refractivity contribution in [3.63, 3.8) is 0 Å². The molecule has 0 amide bonds. The number of ketones is 2. The number of Topliss-reactive ketones (excluding diaryl/α,β-unsaturated/α-hetero) is 2. The fraction of sp³-hybridized carbons (Fsp3) is 0.364. The summed E-state index contributed by atoms with van der Waals surface area (Å²) < 4.78 is 0. The smallest absolute Gasteiger partial charge is 0.192 e. The Morgan fingerprint density at radius 3 is 2.00 bits per heavy atom. The van der Waals surface area contributed by atoms with Gasteiger partial charge in [-0.2, -0.15) is 0 Å². The maximum Gasteiger partial charge on any atom is 0.192 e. The average Bonchev–Trinajstić information content (AvgIpc) is 2.68. The van der Waals surface area contributed by atoms with Crippen molar-refractivity contribution >= 4 is 23.2 Å². The molecule has 1 saturated carbocycles. The molecule has 0 bridgehead atoms. The van der Waals surface area contributed by atoms with Gasteiger partial charge in [-0.1, -0.05) is 48.0 Å². The molecular weight excluding hydrogens is 348 g/mol. The van der Waals surface area contributed by atoms with Crippen molar-refractivity contribution in [1.82, 2.24) is 0 Å². The Labute approximate surface area is 158 Å². The van der Waals surface area contributed by atoms with Crippen LogP contribution in [0.2, 0.25) is 5.02 Å². The zero-order valence-corrected chi connectivity index (χ0v) is 15.2. The van der Waals surface area contributed by atoms with Crippen LogP contribution < -0.4 is 0 Å². The van der Waals surface area contributed by atoms with Crippen molar-refractivity contribution in [2.45, 2.75) is 37.7 Å². The molecule has 2 unspecified atom stereocenters. The fourth-order valence-electron chi connectivity index (χ4n) is 4.58. The lowest BCUT2D eigenvalue weighted by atomic mass is 9.67. The van der Waals surface area contributed by atoms with Crippen LogP contribution in [0.3, 0.4) is 0 Å². The van der Waals surface area contributed by atoms with E-state index in [0.717, 1.165) is 30.7 Å². The molecule has 2 aromatic carbocycles. The molecule has 26 heavy (non-hydrogen) atoms. The van der Waals surface area contributed by atoms with Gasteiger partial charge in [-0.15, -0.1) is 0 Å². The third-order valence-corrected chi connectivity index (χ3v) is 6.24. The normalized spacial score (nSPS) is 28.7. The number of fused-ring (bicyclic) bond motifs is 1. The van der Waals surface area contributed by atoms with E-state index in [4.69, 9.17) is 11.6 Å². The fourth-order valence-corrected chi connectivity index (χ4v) is 4.70. The van der Waals surface area contributed by atoms with Crippen molar-refractivity contribution in [2.75, 3.05) is 0 Å². The van der Waals surface area contributed by atoms with E-state index < -0.39 is 12.0 Å². The minimum atomic E-state index is -1.21. The summed E-state index contributed by atoms with van der Waals surface area (Å²) in [5.74, 6) is -0.503. The van der Waals surface area contributed by atoms with Gasteiger partial charge < -0.3 is 5.11 Å². The number of aliphatic hydroxyl groups excluding tert-OH is 1. The molecule has 1 fully saturated rings. The molecule has 0 aliphatic heterocycles. The molecule has 4 heteroatoms. The van der Waals surface area contributed by atoms with Crippen molar-refractivity contribution < 1.29 is 14.7 Å². The molecule has 2 atom stereocenters. The Kier molecular flexibility index (Phi) is 4.68. The zero-order valence-electron chi connectivity index (χ0n) is 14.4. The van der Waals surface area contributed by atoms with Crippen LogP contribution in [-0.2, 0) is 0 Å². The van der Waals surface area contributed by atoms with Gasteiger partial charge in [0.15, 0.2) is 11.6 Å². The highest BCUT2D eigenvalue weighted by atomic mass is 35.5. The number of carbonyl (C=O) groups excluding carboxylic acids is 2. The van der Waals surface area contributed by atoms with Gasteiger partial charge in [0.25, 0.3) is 0 Å². The van der Waals surface area contributed by atoms with E-state index in [0.29, 0.717) is 17.0 Å². The van der Waals surface area contributed by atoms with Crippen molar-refractivity contribution in [1.29, 1.82) is 0 Å². The number of hydrogen-bond acceptors (Lipinski definition) is 3. The molecule has 4 rings (SSSR count). The molecule has 2 aliphatic carbocycles. The van der Waals surface area contributed by atoms with Gasteiger partial charge in [0.2, 0.25) is 0 Å². The number of aliphatic hydroxyl groups is 1. The van der Waals surface area contributed by atoms with Crippen molar-refractivity contribution in [2.24, 2.45) is 11.8 Å². The first-order valence-corrected chi connectivity index (χ1v) is 9.55. The summed E-state index contributed by atoms with van der Waals surface area (Å²) in [6.45, 7) is 0. The number of hydrogen-bond donors (Lipinski definition) is 1. The third-order valence-electron chi connectivity index (χ3n) is 5.99. The highest BCUT2D eigenvalue weighted by Crippen LogP contribution is 2.42. The van der Waals surface area contributed by atoms with Gasteiger partial charge in [0, 0.05) is 16.1 Å². The second kappa shape index (κ2) is 6.98. The maximum atomic E-state index is 12.9. The lowest BCUT2D eigenvalue weighted by Crippen LogP contribution is -2.45. The Morgan fingerprint density at radius 2 is 1.38 bits per heavy atom. The first-order valence-electron chi connectivity index (χ1n) is 9.17. The molecule has 134 valence electrons. The largest absolute Gasteiger partial charge is 0.384 e. The predicted molar refractivity (Wildman–Crippen MR) is 101 cm³/mol. The highest BCUT2D eigenvalue weighted by Gasteiger charge is 2.45. The van der Waals surface area contributed by atoms with Crippen LogP contribution in [0.25, 0.3) is 0 Å². The Bertz CT molecular complexity index is 835. The van der Waals surface area contributed by atoms with E-state index in [1.54, 1.807) is 24.3 Å². The number of carbonyl (C=O) groups is 2. The van der Waals surface area contributed by atoms with Gasteiger partial charge in [0.05, 0.1) is 5.92 Å². The van der Waals surface area contributed by atoms with Crippen LogP contribution in [0.15, 0.2) is 48.5 Å². The van der Waals surface area contributed by atoms with Crippen LogP contribution >= 0.6 is 11.6 Å². The highest BCUT2D eigenvalue weighted by molar-refractivity contribution is 6.30. The van der Waals surface area contributed by atoms with Gasteiger partial charge in [-0.25, -0.2) is 0 Å². The summed E-state index contributed by atoms with van der Waals surface area (Å²) in [6.07, 6.45) is 2.39. The summed E-state index contributed by atoms with van der Waals surface area (Å²) in [6, 6.07) is 14.8. The number of halogens is 1. The van der Waals surface area contributed by atoms with Crippen LogP contribution in [0, 0.1) is 11.8 Å². The van der Waals surface area contributed by atoms with Crippen LogP contribution in [0.1, 0.15) is 57.9 Å². The topological polar surface area (TPSA) is 54.4 Å². The summed E-state index contributed by atoms with van der Waals surface area (Å²) >= 11 is 5.97. The van der Waals surface area contributed by atoms with Crippen LogP contribution in [-0.4, -0.2) is 22.8 Å². The van der Waals surface area contributed by atoms with Crippen molar-refractivity contribution in [3.05, 3.63) is 70.2 Å². The summed E-state index contributed by atoms with van der Waals surface area (Å²) in [5.41, 5.74) is 2.09. The van der Waals surface area contributed by atoms with E-state index in [2.05, 4.69) is 12.1 Å². The van der Waals surface area contributed by atoms with Crippen LogP contribution in [0.4, 0.5) is 0 Å². The van der Waals surface area contributed by atoms with Crippen LogP contribution in [0.5, 0.6) is 0 Å². The molecule has 0 spiro atoms. The quantitative estimate of drug-likeness (QED) is 0.838. The Balaban J connectivity index is 1.51. The molecule has 0 heterocycles. The molecule has 3 nitrogen and oxygen atoms in total. The third kappa shape index (κ3) is 3.00. The second-order valence-electron chi connectivity index (χ2n) is 7.41. The first-order chi connectivity index (χ1) is 12.6. The lowest BCUT2D eigenvalue weighted by molar-refractivity contribution is 0.0342. The van der Waals surface area contributed by atoms with E-state index in [1.807, 2.05) is 12.1 Å². The lowest BCUT2D eigenvalue weighted by Gasteiger charge is -2.37. The summed E-state index contributed by atoms with van der Waals surface area (Å²) in [5, 5.41) is 11.3. The second-order valence-corrected chi connectivity index (χ2v) is 7.84. The standard InChI is InChI=1S/C22H21ClO3/c23-16-11-9-14(10-12-16)13-5-7-15(8-6-13)19-20(24)17-3-1-2-4-18(17)21(25)22(19)26/h1-4,9-13,15,19,22,26H,5-8H2/t13-,15-,19?,22?. The van der Waals surface area contributed by atoms with Gasteiger partial charge >= 0.3 is 0 Å². The Morgan fingerprint density at radius 1 is 0.808 bits per heavy atom. The summed E-state index contributed by atoms with van der Waals surface area (Å²) in [4.78, 5) is 25.5. The SMILES string of the molecule is O=C1c2ccccc2C(=O)C([C@H]2CC[C@H](c3ccc(Cl)cc3)CC2)C1O. The van der Waals surface area contributed by atoms with E-state index >= 15 is 0 Å². The van der Waals surface area contributed by atoms with Gasteiger partial charge in [-0.05, 0) is 55.2 Å². The maximum absolute atomic E-state index is 12.9. The minimum absolute atomic E-state index is 0.0540. The van der Waals surface area contributed by atoms with Crippen molar-refractivity contribution in [3.8, 4) is 0 Å². The molecule has 0 aromatic heterocycles. The summed E-state index contributed by atoms with van der Waals surface area (Å²) in [7, 11) is 0. The van der Waals surface area contributed by atoms with E-state index in [-0.39, 0.29) is 17.5 Å². The molecule has 2 aromatic rings. The Hall–Kier alpha value is -1.97.